The zero-order chi connectivity index (χ0) is 20.3. The zero-order valence-corrected chi connectivity index (χ0v) is 17.7. The molecule has 1 atom stereocenters. The molecule has 2 heterocycles. The van der Waals surface area contributed by atoms with Crippen LogP contribution in [0.2, 0.25) is 0 Å². The second-order valence-corrected chi connectivity index (χ2v) is 9.06. The minimum atomic E-state index is -0.311. The van der Waals surface area contributed by atoms with E-state index in [2.05, 4.69) is 34.3 Å². The summed E-state index contributed by atoms with van der Waals surface area (Å²) in [6.07, 6.45) is 4.77. The standard InChI is InChI=1S/C23H28N4OS/c1-23(13-16-29-22(24)26-23)18-7-5-17(6-8-18)21(28)25-19-9-11-20(12-10-19)27-14-3-2-4-15-27/h5-12H,2-4,13-16H2,1H3,(H2,24,26)(H,25,28). The summed E-state index contributed by atoms with van der Waals surface area (Å²) in [5.74, 6) is 0.858. The second kappa shape index (κ2) is 8.49. The molecule has 0 aromatic heterocycles. The molecule has 1 unspecified atom stereocenters. The van der Waals surface area contributed by atoms with Gasteiger partial charge in [0.2, 0.25) is 0 Å². The molecule has 2 aromatic carbocycles. The normalized spacial score (nSPS) is 22.1. The molecule has 1 amide bonds. The SMILES string of the molecule is CC1(c2ccc(C(=O)Nc3ccc(N4CCCCC4)cc3)cc2)CCSC(N)=N1. The van der Waals surface area contributed by atoms with E-state index >= 15 is 0 Å². The molecule has 152 valence electrons. The number of anilines is 2. The van der Waals surface area contributed by atoms with Crippen LogP contribution >= 0.6 is 11.8 Å². The Morgan fingerprint density at radius 3 is 2.41 bits per heavy atom. The first-order valence-electron chi connectivity index (χ1n) is 10.3. The van der Waals surface area contributed by atoms with E-state index in [1.807, 2.05) is 36.4 Å². The molecular weight excluding hydrogens is 380 g/mol. The zero-order valence-electron chi connectivity index (χ0n) is 16.9. The minimum Gasteiger partial charge on any atom is -0.379 e. The number of piperidine rings is 1. The first kappa shape index (κ1) is 19.8. The predicted molar refractivity (Wildman–Crippen MR) is 123 cm³/mol. The topological polar surface area (TPSA) is 70.7 Å². The molecule has 2 aliphatic heterocycles. The summed E-state index contributed by atoms with van der Waals surface area (Å²) < 4.78 is 0. The Hall–Kier alpha value is -2.47. The van der Waals surface area contributed by atoms with Crippen molar-refractivity contribution in [3.63, 3.8) is 0 Å². The largest absolute Gasteiger partial charge is 0.379 e. The van der Waals surface area contributed by atoms with Crippen molar-refractivity contribution >= 4 is 34.2 Å². The predicted octanol–water partition coefficient (Wildman–Crippen LogP) is 4.60. The number of carbonyl (C=O) groups excluding carboxylic acids is 1. The van der Waals surface area contributed by atoms with Crippen LogP contribution in [0.5, 0.6) is 0 Å². The number of rotatable bonds is 4. The van der Waals surface area contributed by atoms with Crippen molar-refractivity contribution in [2.24, 2.45) is 10.7 Å². The lowest BCUT2D eigenvalue weighted by molar-refractivity contribution is 0.102. The van der Waals surface area contributed by atoms with Crippen LogP contribution in [0, 0.1) is 0 Å². The maximum absolute atomic E-state index is 12.6. The summed E-state index contributed by atoms with van der Waals surface area (Å²) in [6, 6.07) is 15.9. The molecule has 0 bridgehead atoms. The Kier molecular flexibility index (Phi) is 5.81. The highest BCUT2D eigenvalue weighted by Gasteiger charge is 2.29. The summed E-state index contributed by atoms with van der Waals surface area (Å²) in [6.45, 7) is 4.33. The molecule has 29 heavy (non-hydrogen) atoms. The average Bonchev–Trinajstić information content (AvgIpc) is 2.75. The monoisotopic (exact) mass is 408 g/mol. The number of nitrogens with zero attached hydrogens (tertiary/aromatic N) is 2. The second-order valence-electron chi connectivity index (χ2n) is 7.95. The van der Waals surface area contributed by atoms with E-state index in [9.17, 15) is 4.79 Å². The molecule has 3 N–H and O–H groups in total. The van der Waals surface area contributed by atoms with Crippen LogP contribution in [0.4, 0.5) is 11.4 Å². The summed E-state index contributed by atoms with van der Waals surface area (Å²) in [4.78, 5) is 19.7. The van der Waals surface area contributed by atoms with Crippen molar-refractivity contribution in [3.8, 4) is 0 Å². The number of benzene rings is 2. The van der Waals surface area contributed by atoms with Crippen LogP contribution < -0.4 is 16.0 Å². The molecule has 1 fully saturated rings. The fraction of sp³-hybridized carbons (Fsp3) is 0.391. The van der Waals surface area contributed by atoms with Crippen LogP contribution in [-0.2, 0) is 5.54 Å². The molecule has 6 heteroatoms. The number of thioether (sulfide) groups is 1. The Morgan fingerprint density at radius 2 is 1.76 bits per heavy atom. The Morgan fingerprint density at radius 1 is 1.07 bits per heavy atom. The van der Waals surface area contributed by atoms with E-state index in [1.54, 1.807) is 11.8 Å². The smallest absolute Gasteiger partial charge is 0.255 e. The molecular formula is C23H28N4OS. The van der Waals surface area contributed by atoms with Gasteiger partial charge in [0.25, 0.3) is 5.91 Å². The van der Waals surface area contributed by atoms with Crippen LogP contribution in [0.1, 0.15) is 48.5 Å². The van der Waals surface area contributed by atoms with Gasteiger partial charge in [0.1, 0.15) is 0 Å². The maximum Gasteiger partial charge on any atom is 0.255 e. The van der Waals surface area contributed by atoms with Gasteiger partial charge in [0, 0.05) is 35.8 Å². The summed E-state index contributed by atoms with van der Waals surface area (Å²) >= 11 is 1.59. The van der Waals surface area contributed by atoms with Gasteiger partial charge >= 0.3 is 0 Å². The van der Waals surface area contributed by atoms with Crippen molar-refractivity contribution in [3.05, 3.63) is 59.7 Å². The van der Waals surface area contributed by atoms with Crippen LogP contribution in [-0.4, -0.2) is 29.9 Å². The molecule has 2 aliphatic rings. The number of carbonyl (C=O) groups is 1. The van der Waals surface area contributed by atoms with E-state index in [-0.39, 0.29) is 11.4 Å². The van der Waals surface area contributed by atoms with Gasteiger partial charge in [-0.15, -0.1) is 0 Å². The lowest BCUT2D eigenvalue weighted by atomic mass is 9.89. The van der Waals surface area contributed by atoms with Gasteiger partial charge in [-0.1, -0.05) is 23.9 Å². The third-order valence-electron chi connectivity index (χ3n) is 5.81. The highest BCUT2D eigenvalue weighted by atomic mass is 32.2. The van der Waals surface area contributed by atoms with E-state index in [1.165, 1.54) is 24.9 Å². The first-order chi connectivity index (χ1) is 14.0. The number of hydrogen-bond donors (Lipinski definition) is 2. The molecule has 5 nitrogen and oxygen atoms in total. The number of amides is 1. The van der Waals surface area contributed by atoms with Gasteiger partial charge in [-0.25, -0.2) is 0 Å². The van der Waals surface area contributed by atoms with Gasteiger partial charge in [0.05, 0.1) is 5.54 Å². The van der Waals surface area contributed by atoms with Crippen molar-refractivity contribution in [2.75, 3.05) is 29.1 Å². The number of amidine groups is 1. The third-order valence-corrected chi connectivity index (χ3v) is 6.61. The van der Waals surface area contributed by atoms with Crippen LogP contribution in [0.15, 0.2) is 53.5 Å². The first-order valence-corrected chi connectivity index (χ1v) is 11.3. The Balaban J connectivity index is 1.41. The number of aliphatic imine (C=N–C) groups is 1. The molecule has 0 spiro atoms. The number of nitrogens with one attached hydrogen (secondary N) is 1. The lowest BCUT2D eigenvalue weighted by Crippen LogP contribution is -2.29. The highest BCUT2D eigenvalue weighted by molar-refractivity contribution is 8.13. The quantitative estimate of drug-likeness (QED) is 0.776. The molecule has 0 aliphatic carbocycles. The Bertz CT molecular complexity index is 888. The average molecular weight is 409 g/mol. The minimum absolute atomic E-state index is 0.102. The van der Waals surface area contributed by atoms with Crippen molar-refractivity contribution < 1.29 is 4.79 Å². The van der Waals surface area contributed by atoms with Gasteiger partial charge in [0.15, 0.2) is 5.17 Å². The number of nitrogens with two attached hydrogens (primary N) is 1. The fourth-order valence-electron chi connectivity index (χ4n) is 3.99. The van der Waals surface area contributed by atoms with Gasteiger partial charge in [-0.05, 0) is 74.6 Å². The Labute approximate surface area is 176 Å². The van der Waals surface area contributed by atoms with Gasteiger partial charge in [-0.2, -0.15) is 0 Å². The van der Waals surface area contributed by atoms with Gasteiger partial charge in [-0.3, -0.25) is 9.79 Å². The number of hydrogen-bond acceptors (Lipinski definition) is 5. The molecule has 2 aromatic rings. The molecule has 0 radical (unpaired) electrons. The summed E-state index contributed by atoms with van der Waals surface area (Å²) in [5.41, 5.74) is 9.37. The lowest BCUT2D eigenvalue weighted by Gasteiger charge is -2.29. The van der Waals surface area contributed by atoms with E-state index < -0.39 is 0 Å². The van der Waals surface area contributed by atoms with E-state index in [0.717, 1.165) is 36.5 Å². The van der Waals surface area contributed by atoms with Gasteiger partial charge < -0.3 is 16.0 Å². The van der Waals surface area contributed by atoms with Crippen LogP contribution in [0.3, 0.4) is 0 Å². The van der Waals surface area contributed by atoms with Crippen LogP contribution in [0.25, 0.3) is 0 Å². The molecule has 4 rings (SSSR count). The molecule has 0 saturated carbocycles. The fourth-order valence-corrected chi connectivity index (χ4v) is 4.96. The summed E-state index contributed by atoms with van der Waals surface area (Å²) in [5, 5.41) is 3.63. The van der Waals surface area contributed by atoms with Crippen molar-refractivity contribution in [1.29, 1.82) is 0 Å². The van der Waals surface area contributed by atoms with Crippen molar-refractivity contribution in [2.45, 2.75) is 38.1 Å². The summed E-state index contributed by atoms with van der Waals surface area (Å²) in [7, 11) is 0. The van der Waals surface area contributed by atoms with E-state index in [0.29, 0.717) is 10.7 Å². The highest BCUT2D eigenvalue weighted by Crippen LogP contribution is 2.35. The maximum atomic E-state index is 12.6. The van der Waals surface area contributed by atoms with Crippen molar-refractivity contribution in [1.82, 2.24) is 0 Å². The van der Waals surface area contributed by atoms with E-state index in [4.69, 9.17) is 5.73 Å². The molecule has 1 saturated heterocycles. The third kappa shape index (κ3) is 4.58.